The molecule has 2 aromatic carbocycles. The molecular weight excluding hydrogens is 427 g/mol. The molecule has 6 nitrogen and oxygen atoms in total. The Balaban J connectivity index is 1.40. The lowest BCUT2D eigenvalue weighted by Gasteiger charge is -2.16. The molecule has 0 saturated carbocycles. The van der Waals surface area contributed by atoms with Crippen molar-refractivity contribution < 1.29 is 13.4 Å². The summed E-state index contributed by atoms with van der Waals surface area (Å²) in [5.41, 5.74) is 3.37. The van der Waals surface area contributed by atoms with E-state index < -0.39 is 22.7 Å². The Morgan fingerprint density at radius 1 is 1.03 bits per heavy atom. The number of nitrogens with zero attached hydrogens (tertiary/aromatic N) is 3. The first-order chi connectivity index (χ1) is 15.6. The largest absolute Gasteiger partial charge is 0.322 e. The lowest BCUT2D eigenvalue weighted by atomic mass is 10.1. The average Bonchev–Trinajstić information content (AvgIpc) is 3.24. The average molecular weight is 447 g/mol. The number of hydrogen-bond donors (Lipinski definition) is 1. The summed E-state index contributed by atoms with van der Waals surface area (Å²) in [6.07, 6.45) is 4.22. The number of halogens is 1. The molecule has 4 aromatic rings. The van der Waals surface area contributed by atoms with Gasteiger partial charge in [0.15, 0.2) is 0 Å². The molecule has 1 unspecified atom stereocenters. The van der Waals surface area contributed by atoms with Crippen molar-refractivity contribution in [2.45, 2.75) is 6.42 Å². The van der Waals surface area contributed by atoms with E-state index in [4.69, 9.17) is 0 Å². The highest BCUT2D eigenvalue weighted by molar-refractivity contribution is 7.86. The van der Waals surface area contributed by atoms with Gasteiger partial charge in [-0.25, -0.2) is 8.60 Å². The second kappa shape index (κ2) is 8.47. The van der Waals surface area contributed by atoms with E-state index in [-0.39, 0.29) is 5.56 Å². The van der Waals surface area contributed by atoms with E-state index >= 15 is 0 Å². The Morgan fingerprint density at radius 2 is 1.94 bits per heavy atom. The van der Waals surface area contributed by atoms with Gasteiger partial charge in [0.1, 0.15) is 16.8 Å². The van der Waals surface area contributed by atoms with Crippen LogP contribution in [0, 0.1) is 5.82 Å². The number of amides is 1. The molecule has 5 rings (SSSR count). The van der Waals surface area contributed by atoms with Crippen molar-refractivity contribution in [3.63, 3.8) is 0 Å². The smallest absolute Gasteiger partial charge is 0.258 e. The van der Waals surface area contributed by atoms with Crippen LogP contribution in [-0.2, 0) is 11.0 Å². The van der Waals surface area contributed by atoms with Gasteiger partial charge in [-0.05, 0) is 55.0 Å². The van der Waals surface area contributed by atoms with Gasteiger partial charge in [0, 0.05) is 41.3 Å². The Labute approximate surface area is 186 Å². The summed E-state index contributed by atoms with van der Waals surface area (Å²) in [7, 11) is -1.14. The topological polar surface area (TPSA) is 75.2 Å². The molecule has 1 atom stereocenters. The molecule has 1 fully saturated rings. The van der Waals surface area contributed by atoms with E-state index in [9.17, 15) is 13.4 Å². The van der Waals surface area contributed by atoms with Crippen LogP contribution in [0.4, 0.5) is 15.8 Å². The number of rotatable bonds is 4. The Bertz CT molecular complexity index is 1360. The molecule has 8 heteroatoms. The second-order valence-electron chi connectivity index (χ2n) is 7.41. The van der Waals surface area contributed by atoms with E-state index in [1.165, 1.54) is 12.1 Å². The summed E-state index contributed by atoms with van der Waals surface area (Å²) < 4.78 is 28.4. The first-order valence-electron chi connectivity index (χ1n) is 10.2. The molecular formula is C24H19FN4O2S. The van der Waals surface area contributed by atoms with Gasteiger partial charge in [-0.3, -0.25) is 19.1 Å². The van der Waals surface area contributed by atoms with Crippen molar-refractivity contribution in [1.82, 2.24) is 9.97 Å². The van der Waals surface area contributed by atoms with Gasteiger partial charge in [0.2, 0.25) is 0 Å². The molecule has 1 saturated heterocycles. The van der Waals surface area contributed by atoms with Crippen molar-refractivity contribution in [3.05, 3.63) is 84.4 Å². The quantitative estimate of drug-likeness (QED) is 0.499. The summed E-state index contributed by atoms with van der Waals surface area (Å²) in [6.45, 7) is 0.613. The fourth-order valence-electron chi connectivity index (χ4n) is 3.81. The molecule has 1 aliphatic rings. The van der Waals surface area contributed by atoms with Gasteiger partial charge in [0.25, 0.3) is 5.91 Å². The van der Waals surface area contributed by atoms with E-state index in [1.807, 2.05) is 30.3 Å². The Kier molecular flexibility index (Phi) is 5.36. The highest BCUT2D eigenvalue weighted by Crippen LogP contribution is 2.28. The number of pyridine rings is 2. The van der Waals surface area contributed by atoms with Crippen LogP contribution < -0.4 is 9.62 Å². The zero-order valence-corrected chi connectivity index (χ0v) is 17.8. The van der Waals surface area contributed by atoms with Crippen molar-refractivity contribution in [3.8, 4) is 11.3 Å². The molecule has 160 valence electrons. The maximum absolute atomic E-state index is 14.7. The zero-order valence-electron chi connectivity index (χ0n) is 17.0. The van der Waals surface area contributed by atoms with Gasteiger partial charge < -0.3 is 5.32 Å². The normalized spacial score (nSPS) is 15.8. The van der Waals surface area contributed by atoms with Crippen LogP contribution in [0.5, 0.6) is 0 Å². The molecule has 1 amide bonds. The SMILES string of the molecule is O=C(Nc1cccc(-c2nccc3ncccc23)c1)c1ccc(N2CCCS2=O)cc1F. The minimum absolute atomic E-state index is 0.0726. The standard InChI is InChI=1S/C24H19FN4O2S/c25-21-15-18(29-12-3-13-32(29)31)7-8-19(21)24(30)28-17-5-1-4-16(14-17)23-20-6-2-10-26-22(20)9-11-27-23/h1-2,4-11,14-15H,3,12-13H2,(H,28,30). The summed E-state index contributed by atoms with van der Waals surface area (Å²) in [4.78, 5) is 21.6. The summed E-state index contributed by atoms with van der Waals surface area (Å²) in [6, 6.07) is 17.2. The van der Waals surface area contributed by atoms with Gasteiger partial charge >= 0.3 is 0 Å². The van der Waals surface area contributed by atoms with E-state index in [0.717, 1.165) is 28.6 Å². The first-order valence-corrected chi connectivity index (χ1v) is 11.4. The number of benzene rings is 2. The zero-order chi connectivity index (χ0) is 22.1. The Hall–Kier alpha value is -3.65. The lowest BCUT2D eigenvalue weighted by molar-refractivity contribution is 0.102. The van der Waals surface area contributed by atoms with Crippen molar-refractivity contribution in [2.24, 2.45) is 0 Å². The van der Waals surface area contributed by atoms with Crippen LogP contribution in [0.25, 0.3) is 22.2 Å². The Morgan fingerprint density at radius 3 is 2.75 bits per heavy atom. The van der Waals surface area contributed by atoms with Crippen LogP contribution in [-0.4, -0.2) is 32.4 Å². The minimum atomic E-state index is -1.14. The lowest BCUT2D eigenvalue weighted by Crippen LogP contribution is -2.20. The van der Waals surface area contributed by atoms with Crippen LogP contribution in [0.3, 0.4) is 0 Å². The van der Waals surface area contributed by atoms with E-state index in [0.29, 0.717) is 23.7 Å². The fraction of sp³-hybridized carbons (Fsp3) is 0.125. The summed E-state index contributed by atoms with van der Waals surface area (Å²) in [5.74, 6) is -0.634. The molecule has 3 heterocycles. The molecule has 32 heavy (non-hydrogen) atoms. The summed E-state index contributed by atoms with van der Waals surface area (Å²) >= 11 is 0. The second-order valence-corrected chi connectivity index (χ2v) is 8.90. The number of fused-ring (bicyclic) bond motifs is 1. The number of aromatic nitrogens is 2. The number of nitrogens with one attached hydrogen (secondary N) is 1. The highest BCUT2D eigenvalue weighted by atomic mass is 32.2. The maximum Gasteiger partial charge on any atom is 0.258 e. The maximum atomic E-state index is 14.7. The van der Waals surface area contributed by atoms with Gasteiger partial charge in [-0.15, -0.1) is 0 Å². The van der Waals surface area contributed by atoms with Crippen LogP contribution >= 0.6 is 0 Å². The summed E-state index contributed by atoms with van der Waals surface area (Å²) in [5, 5.41) is 3.66. The first kappa shape index (κ1) is 20.3. The number of anilines is 2. The molecule has 0 radical (unpaired) electrons. The van der Waals surface area contributed by atoms with Gasteiger partial charge in [-0.2, -0.15) is 0 Å². The van der Waals surface area contributed by atoms with Crippen molar-refractivity contribution in [1.29, 1.82) is 0 Å². The number of hydrogen-bond acceptors (Lipinski definition) is 4. The minimum Gasteiger partial charge on any atom is -0.322 e. The van der Waals surface area contributed by atoms with Gasteiger partial charge in [-0.1, -0.05) is 12.1 Å². The molecule has 1 aliphatic heterocycles. The third-order valence-corrected chi connectivity index (χ3v) is 6.86. The van der Waals surface area contributed by atoms with Crippen molar-refractivity contribution >= 4 is 39.2 Å². The number of carbonyl (C=O) groups is 1. The number of carbonyl (C=O) groups excluding carboxylic acids is 1. The highest BCUT2D eigenvalue weighted by Gasteiger charge is 2.22. The van der Waals surface area contributed by atoms with Gasteiger partial charge in [0.05, 0.1) is 22.5 Å². The molecule has 1 N–H and O–H groups in total. The molecule has 0 spiro atoms. The van der Waals surface area contributed by atoms with E-state index in [2.05, 4.69) is 15.3 Å². The predicted molar refractivity (Wildman–Crippen MR) is 124 cm³/mol. The molecule has 2 aromatic heterocycles. The molecule has 0 bridgehead atoms. The predicted octanol–water partition coefficient (Wildman–Crippen LogP) is 4.56. The van der Waals surface area contributed by atoms with Crippen LogP contribution in [0.15, 0.2) is 73.1 Å². The monoisotopic (exact) mass is 446 g/mol. The van der Waals surface area contributed by atoms with E-state index in [1.54, 1.807) is 34.9 Å². The van der Waals surface area contributed by atoms with Crippen LogP contribution in [0.2, 0.25) is 0 Å². The van der Waals surface area contributed by atoms with Crippen LogP contribution in [0.1, 0.15) is 16.8 Å². The fourth-order valence-corrected chi connectivity index (χ4v) is 5.09. The third kappa shape index (κ3) is 3.85. The molecule has 0 aliphatic carbocycles. The van der Waals surface area contributed by atoms with Crippen molar-refractivity contribution in [2.75, 3.05) is 21.9 Å². The third-order valence-electron chi connectivity index (χ3n) is 5.33.